The monoisotopic (exact) mass is 844 g/mol. The highest BCUT2D eigenvalue weighted by Crippen LogP contribution is 2.53. The molecule has 0 aliphatic heterocycles. The predicted molar refractivity (Wildman–Crippen MR) is 245 cm³/mol. The van der Waals surface area contributed by atoms with Crippen molar-refractivity contribution in [3.8, 4) is 33.6 Å². The molecule has 13 rings (SSSR count). The van der Waals surface area contributed by atoms with E-state index in [9.17, 15) is 0 Å². The summed E-state index contributed by atoms with van der Waals surface area (Å²) in [5, 5.41) is 6.32. The number of benzene rings is 9. The first kappa shape index (κ1) is 36.5. The third-order valence-electron chi connectivity index (χ3n) is 12.7. The van der Waals surface area contributed by atoms with E-state index in [1.165, 1.54) is 36.4 Å². The maximum atomic E-state index is 16.8. The summed E-state index contributed by atoms with van der Waals surface area (Å²) in [6.07, 6.45) is -5.15. The van der Waals surface area contributed by atoms with E-state index in [0.29, 0.717) is 44.4 Å². The molecular formula is C55H29F5N2O2. The van der Waals surface area contributed by atoms with E-state index in [0.717, 1.165) is 55.2 Å². The molecule has 0 bridgehead atoms. The Morgan fingerprint density at radius 2 is 0.750 bits per heavy atom. The molecule has 9 heteroatoms. The zero-order valence-corrected chi connectivity index (χ0v) is 33.3. The minimum atomic E-state index is -5.15. The van der Waals surface area contributed by atoms with Crippen LogP contribution in [0.15, 0.2) is 185 Å². The summed E-state index contributed by atoms with van der Waals surface area (Å²) in [4.78, 5) is 0. The maximum Gasteiger partial charge on any atom is 0.417 e. The Hall–Kier alpha value is -8.17. The van der Waals surface area contributed by atoms with Crippen molar-refractivity contribution in [2.45, 2.75) is 6.18 Å². The number of halogens is 5. The van der Waals surface area contributed by atoms with E-state index in [-0.39, 0.29) is 22.5 Å². The summed E-state index contributed by atoms with van der Waals surface area (Å²) in [6.45, 7) is 0. The predicted octanol–water partition coefficient (Wildman–Crippen LogP) is 16.3. The number of furan rings is 2. The van der Waals surface area contributed by atoms with Crippen molar-refractivity contribution in [1.29, 1.82) is 0 Å². The second-order valence-corrected chi connectivity index (χ2v) is 16.1. The molecule has 0 atom stereocenters. The van der Waals surface area contributed by atoms with Gasteiger partial charge in [-0.3, -0.25) is 0 Å². The fourth-order valence-corrected chi connectivity index (χ4v) is 10.2. The first-order chi connectivity index (χ1) is 31.3. The second kappa shape index (κ2) is 13.2. The molecule has 0 aliphatic carbocycles. The quantitative estimate of drug-likeness (QED) is 0.166. The molecule has 0 amide bonds. The number of aromatic nitrogens is 2. The summed E-state index contributed by atoms with van der Waals surface area (Å²) in [5.41, 5.74) is 2.33. The zero-order valence-electron chi connectivity index (χ0n) is 33.3. The summed E-state index contributed by atoms with van der Waals surface area (Å²) in [5.74, 6) is -1.73. The number of hydrogen-bond donors (Lipinski definition) is 0. The van der Waals surface area contributed by atoms with E-state index in [1.807, 2.05) is 121 Å². The molecular weight excluding hydrogens is 816 g/mol. The fourth-order valence-electron chi connectivity index (χ4n) is 10.2. The van der Waals surface area contributed by atoms with Gasteiger partial charge in [-0.05, 0) is 66.7 Å². The average Bonchev–Trinajstić information content (AvgIpc) is 4.06. The first-order valence-electron chi connectivity index (χ1n) is 20.7. The molecule has 64 heavy (non-hydrogen) atoms. The van der Waals surface area contributed by atoms with Crippen LogP contribution in [0.4, 0.5) is 22.0 Å². The lowest BCUT2D eigenvalue weighted by atomic mass is 9.87. The highest BCUT2D eigenvalue weighted by atomic mass is 19.4. The molecule has 0 saturated carbocycles. The largest absolute Gasteiger partial charge is 0.456 e. The second-order valence-electron chi connectivity index (χ2n) is 16.1. The Morgan fingerprint density at radius 3 is 1.19 bits per heavy atom. The lowest BCUT2D eigenvalue weighted by Gasteiger charge is -2.27. The third-order valence-corrected chi connectivity index (χ3v) is 12.7. The van der Waals surface area contributed by atoms with E-state index in [2.05, 4.69) is 0 Å². The molecule has 0 fully saturated rings. The summed E-state index contributed by atoms with van der Waals surface area (Å²) < 4.78 is 99.9. The van der Waals surface area contributed by atoms with E-state index < -0.39 is 34.5 Å². The van der Waals surface area contributed by atoms with Crippen LogP contribution in [0.5, 0.6) is 0 Å². The van der Waals surface area contributed by atoms with Crippen LogP contribution in [0.25, 0.3) is 121 Å². The maximum absolute atomic E-state index is 16.8. The Kier molecular flexibility index (Phi) is 7.51. The van der Waals surface area contributed by atoms with Gasteiger partial charge >= 0.3 is 6.18 Å². The Balaban J connectivity index is 1.30. The van der Waals surface area contributed by atoms with Crippen molar-refractivity contribution in [2.75, 3.05) is 0 Å². The van der Waals surface area contributed by atoms with Crippen molar-refractivity contribution in [3.05, 3.63) is 193 Å². The molecule has 306 valence electrons. The normalized spacial score (nSPS) is 12.5. The Bertz CT molecular complexity index is 3850. The van der Waals surface area contributed by atoms with Crippen molar-refractivity contribution in [3.63, 3.8) is 0 Å². The van der Waals surface area contributed by atoms with Crippen molar-refractivity contribution in [2.24, 2.45) is 0 Å². The van der Waals surface area contributed by atoms with Crippen LogP contribution < -0.4 is 0 Å². The summed E-state index contributed by atoms with van der Waals surface area (Å²) in [7, 11) is 0. The number of alkyl halides is 3. The van der Waals surface area contributed by atoms with Crippen LogP contribution in [0.2, 0.25) is 0 Å². The standard InChI is InChI=1S/C55H29F5N2O2/c56-36-19-7-1-13-30(36)50-42(61-38-21-9-3-15-32(38)48-40(61)25-27-46-52(48)34-17-5-11-23-44(34)63-46)29-43(51(54(50)55(58,59)60)31-14-2-8-20-37(31)57)62-39-22-10-4-16-33(39)49-41(62)26-28-47-53(49)35-18-6-12-24-45(35)64-47/h1-29H. The average molecular weight is 845 g/mol. The van der Waals surface area contributed by atoms with Gasteiger partial charge in [0.25, 0.3) is 0 Å². The van der Waals surface area contributed by atoms with Crippen LogP contribution in [0, 0.1) is 11.6 Å². The topological polar surface area (TPSA) is 36.1 Å². The fraction of sp³-hybridized carbons (Fsp3) is 0.0182. The minimum Gasteiger partial charge on any atom is -0.456 e. The molecule has 0 radical (unpaired) electrons. The van der Waals surface area contributed by atoms with E-state index >= 15 is 22.0 Å². The molecule has 0 aliphatic rings. The highest BCUT2D eigenvalue weighted by Gasteiger charge is 2.42. The SMILES string of the molecule is Fc1ccccc1-c1c(-n2c3ccccc3c3c4c(ccc32)oc2ccccc24)cc(-n2c3ccccc3c3c4c(ccc32)oc2ccccc24)c(-c2ccccc2F)c1C(F)(F)F. The lowest BCUT2D eigenvalue weighted by Crippen LogP contribution is -2.16. The van der Waals surface area contributed by atoms with Crippen LogP contribution in [0.3, 0.4) is 0 Å². The van der Waals surface area contributed by atoms with Gasteiger partial charge in [0.05, 0.1) is 39.0 Å². The van der Waals surface area contributed by atoms with Crippen LogP contribution in [0.1, 0.15) is 5.56 Å². The van der Waals surface area contributed by atoms with Gasteiger partial charge in [0.15, 0.2) is 0 Å². The van der Waals surface area contributed by atoms with Crippen LogP contribution >= 0.6 is 0 Å². The molecule has 0 spiro atoms. The minimum absolute atomic E-state index is 0.0478. The van der Waals surface area contributed by atoms with Crippen molar-refractivity contribution >= 4 is 87.5 Å². The molecule has 0 saturated heterocycles. The van der Waals surface area contributed by atoms with Gasteiger partial charge in [0.2, 0.25) is 0 Å². The van der Waals surface area contributed by atoms with Crippen molar-refractivity contribution in [1.82, 2.24) is 9.13 Å². The molecule has 4 aromatic heterocycles. The third kappa shape index (κ3) is 4.97. The van der Waals surface area contributed by atoms with E-state index in [1.54, 1.807) is 15.2 Å². The van der Waals surface area contributed by atoms with Crippen LogP contribution in [-0.4, -0.2) is 9.13 Å². The van der Waals surface area contributed by atoms with Gasteiger partial charge in [-0.2, -0.15) is 13.2 Å². The number of nitrogens with zero attached hydrogens (tertiary/aromatic N) is 2. The van der Waals surface area contributed by atoms with Gasteiger partial charge < -0.3 is 18.0 Å². The molecule has 4 heterocycles. The molecule has 0 N–H and O–H groups in total. The summed E-state index contributed by atoms with van der Waals surface area (Å²) >= 11 is 0. The van der Waals surface area contributed by atoms with Crippen LogP contribution in [-0.2, 0) is 6.18 Å². The smallest absolute Gasteiger partial charge is 0.417 e. The summed E-state index contributed by atoms with van der Waals surface area (Å²) in [6, 6.07) is 50.2. The van der Waals surface area contributed by atoms with Gasteiger partial charge in [-0.15, -0.1) is 0 Å². The molecule has 9 aromatic carbocycles. The number of fused-ring (bicyclic) bond motifs is 14. The molecule has 13 aromatic rings. The Labute approximate surface area is 359 Å². The van der Waals surface area contributed by atoms with Gasteiger partial charge in [-0.1, -0.05) is 109 Å². The van der Waals surface area contributed by atoms with Gasteiger partial charge in [-0.25, -0.2) is 8.78 Å². The lowest BCUT2D eigenvalue weighted by molar-refractivity contribution is -0.136. The first-order valence-corrected chi connectivity index (χ1v) is 20.7. The molecule has 4 nitrogen and oxygen atoms in total. The Morgan fingerprint density at radius 1 is 0.359 bits per heavy atom. The number of rotatable bonds is 4. The van der Waals surface area contributed by atoms with Crippen molar-refractivity contribution < 1.29 is 30.8 Å². The molecule has 0 unspecified atom stereocenters. The number of para-hydroxylation sites is 4. The number of hydrogen-bond acceptors (Lipinski definition) is 2. The highest BCUT2D eigenvalue weighted by molar-refractivity contribution is 6.29. The van der Waals surface area contributed by atoms with E-state index in [4.69, 9.17) is 8.83 Å². The van der Waals surface area contributed by atoms with Gasteiger partial charge in [0, 0.05) is 65.3 Å². The zero-order chi connectivity index (χ0) is 43.0. The van der Waals surface area contributed by atoms with Gasteiger partial charge in [0.1, 0.15) is 34.0 Å².